The lowest BCUT2D eigenvalue weighted by Gasteiger charge is -2.13. The van der Waals surface area contributed by atoms with E-state index in [1.54, 1.807) is 0 Å². The molecule has 1 saturated carbocycles. The standard InChI is InChI=1S/C18H20O/c1-14(16-10-11-16)17-8-5-9-18(12-17)19-13-15-6-3-2-4-7-15/h2-9,12,14,16H,10-11,13H2,1H3. The van der Waals surface area contributed by atoms with Crippen molar-refractivity contribution in [3.63, 3.8) is 0 Å². The van der Waals surface area contributed by atoms with Crippen LogP contribution < -0.4 is 4.74 Å². The van der Waals surface area contributed by atoms with E-state index in [1.807, 2.05) is 24.3 Å². The van der Waals surface area contributed by atoms with Crippen molar-refractivity contribution in [2.24, 2.45) is 5.92 Å². The van der Waals surface area contributed by atoms with Crippen molar-refractivity contribution in [3.8, 4) is 5.75 Å². The van der Waals surface area contributed by atoms with Crippen LogP contribution in [0.3, 0.4) is 0 Å². The van der Waals surface area contributed by atoms with E-state index in [1.165, 1.54) is 24.0 Å². The number of rotatable bonds is 5. The summed E-state index contributed by atoms with van der Waals surface area (Å²) >= 11 is 0. The van der Waals surface area contributed by atoms with Crippen molar-refractivity contribution in [1.82, 2.24) is 0 Å². The first-order valence-corrected chi connectivity index (χ1v) is 7.09. The Hall–Kier alpha value is -1.76. The zero-order valence-electron chi connectivity index (χ0n) is 11.4. The van der Waals surface area contributed by atoms with E-state index in [-0.39, 0.29) is 0 Å². The van der Waals surface area contributed by atoms with Crippen molar-refractivity contribution in [2.75, 3.05) is 0 Å². The quantitative estimate of drug-likeness (QED) is 0.744. The van der Waals surface area contributed by atoms with Gasteiger partial charge in [0.1, 0.15) is 12.4 Å². The van der Waals surface area contributed by atoms with Gasteiger partial charge in [0, 0.05) is 0 Å². The topological polar surface area (TPSA) is 9.23 Å². The lowest BCUT2D eigenvalue weighted by Crippen LogP contribution is -1.98. The van der Waals surface area contributed by atoms with E-state index in [0.717, 1.165) is 11.7 Å². The highest BCUT2D eigenvalue weighted by atomic mass is 16.5. The van der Waals surface area contributed by atoms with Crippen LogP contribution in [0.2, 0.25) is 0 Å². The van der Waals surface area contributed by atoms with Crippen molar-refractivity contribution in [3.05, 3.63) is 65.7 Å². The molecule has 2 aromatic rings. The minimum atomic E-state index is 0.641. The Balaban J connectivity index is 1.66. The molecule has 0 bridgehead atoms. The molecule has 0 radical (unpaired) electrons. The number of benzene rings is 2. The van der Waals surface area contributed by atoms with Gasteiger partial charge in [0.25, 0.3) is 0 Å². The lowest BCUT2D eigenvalue weighted by molar-refractivity contribution is 0.305. The van der Waals surface area contributed by atoms with E-state index >= 15 is 0 Å². The van der Waals surface area contributed by atoms with Crippen LogP contribution in [0.5, 0.6) is 5.75 Å². The first-order chi connectivity index (χ1) is 9.33. The maximum atomic E-state index is 5.88. The summed E-state index contributed by atoms with van der Waals surface area (Å²) in [5.74, 6) is 2.54. The van der Waals surface area contributed by atoms with Crippen LogP contribution in [0, 0.1) is 5.92 Å². The maximum absolute atomic E-state index is 5.88. The highest BCUT2D eigenvalue weighted by molar-refractivity contribution is 5.31. The number of hydrogen-bond acceptors (Lipinski definition) is 1. The fraction of sp³-hybridized carbons (Fsp3) is 0.333. The average molecular weight is 252 g/mol. The van der Waals surface area contributed by atoms with Crippen molar-refractivity contribution >= 4 is 0 Å². The largest absolute Gasteiger partial charge is 0.489 e. The Morgan fingerprint density at radius 2 is 1.84 bits per heavy atom. The molecule has 0 aromatic heterocycles. The van der Waals surface area contributed by atoms with Gasteiger partial charge in [0.05, 0.1) is 0 Å². The Labute approximate surface area is 115 Å². The fourth-order valence-electron chi connectivity index (χ4n) is 2.50. The van der Waals surface area contributed by atoms with Crippen LogP contribution in [0.1, 0.15) is 36.8 Å². The molecule has 1 heteroatoms. The van der Waals surface area contributed by atoms with Crippen LogP contribution in [0.25, 0.3) is 0 Å². The zero-order valence-corrected chi connectivity index (χ0v) is 11.4. The van der Waals surface area contributed by atoms with Gasteiger partial charge >= 0.3 is 0 Å². The van der Waals surface area contributed by atoms with Crippen molar-refractivity contribution in [1.29, 1.82) is 0 Å². The van der Waals surface area contributed by atoms with Gasteiger partial charge in [-0.3, -0.25) is 0 Å². The summed E-state index contributed by atoms with van der Waals surface area (Å²) in [7, 11) is 0. The molecule has 1 aliphatic carbocycles. The molecule has 1 fully saturated rings. The normalized spacial score (nSPS) is 16.1. The van der Waals surface area contributed by atoms with Crippen LogP contribution in [0.15, 0.2) is 54.6 Å². The molecule has 1 unspecified atom stereocenters. The third kappa shape index (κ3) is 3.17. The Morgan fingerprint density at radius 3 is 2.58 bits per heavy atom. The number of ether oxygens (including phenoxy) is 1. The predicted octanol–water partition coefficient (Wildman–Crippen LogP) is 4.78. The maximum Gasteiger partial charge on any atom is 0.120 e. The summed E-state index contributed by atoms with van der Waals surface area (Å²) < 4.78 is 5.88. The Morgan fingerprint density at radius 1 is 1.05 bits per heavy atom. The second kappa shape index (κ2) is 5.48. The van der Waals surface area contributed by atoms with Crippen LogP contribution in [0.4, 0.5) is 0 Å². The summed E-state index contributed by atoms with van der Waals surface area (Å²) in [6.07, 6.45) is 2.77. The molecule has 98 valence electrons. The Kier molecular flexibility index (Phi) is 3.54. The van der Waals surface area contributed by atoms with Gasteiger partial charge in [-0.15, -0.1) is 0 Å². The summed E-state index contributed by atoms with van der Waals surface area (Å²) in [6, 6.07) is 18.9. The molecule has 1 nitrogen and oxygen atoms in total. The molecule has 0 aliphatic heterocycles. The zero-order chi connectivity index (χ0) is 13.1. The molecule has 1 aliphatic rings. The molecule has 0 amide bonds. The van der Waals surface area contributed by atoms with Gasteiger partial charge in [-0.2, -0.15) is 0 Å². The molecular formula is C18H20O. The van der Waals surface area contributed by atoms with Gasteiger partial charge in [0.2, 0.25) is 0 Å². The summed E-state index contributed by atoms with van der Waals surface area (Å²) in [6.45, 7) is 2.97. The van der Waals surface area contributed by atoms with E-state index in [9.17, 15) is 0 Å². The molecule has 1 atom stereocenters. The Bertz CT molecular complexity index is 528. The lowest BCUT2D eigenvalue weighted by atomic mass is 9.96. The van der Waals surface area contributed by atoms with Gasteiger partial charge in [0.15, 0.2) is 0 Å². The van der Waals surface area contributed by atoms with E-state index < -0.39 is 0 Å². The first-order valence-electron chi connectivity index (χ1n) is 7.09. The fourth-order valence-corrected chi connectivity index (χ4v) is 2.50. The van der Waals surface area contributed by atoms with Crippen LogP contribution in [-0.4, -0.2) is 0 Å². The summed E-state index contributed by atoms with van der Waals surface area (Å²) in [5, 5.41) is 0. The van der Waals surface area contributed by atoms with Crippen molar-refractivity contribution < 1.29 is 4.74 Å². The second-order valence-electron chi connectivity index (χ2n) is 5.47. The molecular weight excluding hydrogens is 232 g/mol. The molecule has 0 heterocycles. The molecule has 0 saturated heterocycles. The summed E-state index contributed by atoms with van der Waals surface area (Å²) in [4.78, 5) is 0. The van der Waals surface area contributed by atoms with E-state index in [0.29, 0.717) is 12.5 Å². The molecule has 0 N–H and O–H groups in total. The summed E-state index contributed by atoms with van der Waals surface area (Å²) in [5.41, 5.74) is 2.62. The molecule has 2 aromatic carbocycles. The second-order valence-corrected chi connectivity index (χ2v) is 5.47. The molecule has 3 rings (SSSR count). The highest BCUT2D eigenvalue weighted by Gasteiger charge is 2.28. The third-order valence-electron chi connectivity index (χ3n) is 3.96. The highest BCUT2D eigenvalue weighted by Crippen LogP contribution is 2.42. The smallest absolute Gasteiger partial charge is 0.120 e. The minimum Gasteiger partial charge on any atom is -0.489 e. The minimum absolute atomic E-state index is 0.641. The van der Waals surface area contributed by atoms with Crippen LogP contribution >= 0.6 is 0 Å². The van der Waals surface area contributed by atoms with Crippen molar-refractivity contribution in [2.45, 2.75) is 32.3 Å². The molecule has 0 spiro atoms. The van der Waals surface area contributed by atoms with Crippen LogP contribution in [-0.2, 0) is 6.61 Å². The van der Waals surface area contributed by atoms with E-state index in [4.69, 9.17) is 4.74 Å². The van der Waals surface area contributed by atoms with Gasteiger partial charge < -0.3 is 4.74 Å². The number of hydrogen-bond donors (Lipinski definition) is 0. The van der Waals surface area contributed by atoms with Gasteiger partial charge in [-0.05, 0) is 47.9 Å². The van der Waals surface area contributed by atoms with Gasteiger partial charge in [-0.25, -0.2) is 0 Å². The predicted molar refractivity (Wildman–Crippen MR) is 78.4 cm³/mol. The van der Waals surface area contributed by atoms with E-state index in [2.05, 4.69) is 37.3 Å². The molecule has 19 heavy (non-hydrogen) atoms. The SMILES string of the molecule is CC(c1cccc(OCc2ccccc2)c1)C1CC1. The van der Waals surface area contributed by atoms with Gasteiger partial charge in [-0.1, -0.05) is 49.4 Å². The first kappa shape index (κ1) is 12.3. The third-order valence-corrected chi connectivity index (χ3v) is 3.96. The average Bonchev–Trinajstić information content (AvgIpc) is 3.30. The monoisotopic (exact) mass is 252 g/mol.